The Morgan fingerprint density at radius 1 is 0.958 bits per heavy atom. The van der Waals surface area contributed by atoms with Crippen molar-refractivity contribution in [2.24, 2.45) is 5.11 Å². The first-order valence-electron chi connectivity index (χ1n) is 17.9. The van der Waals surface area contributed by atoms with Crippen LogP contribution in [0, 0.1) is 6.92 Å². The molecule has 5 N–H and O–H groups in total. The molecule has 1 aromatic rings. The lowest BCUT2D eigenvalue weighted by Gasteiger charge is -2.18. The van der Waals surface area contributed by atoms with E-state index in [1.807, 2.05) is 0 Å². The summed E-state index contributed by atoms with van der Waals surface area (Å²) in [5, 5.41) is 3.63. The van der Waals surface area contributed by atoms with Gasteiger partial charge < -0.3 is 20.5 Å². The number of aromatic amines is 1. The van der Waals surface area contributed by atoms with E-state index in [0.29, 0.717) is 6.42 Å². The highest BCUT2D eigenvalue weighted by Gasteiger charge is 2.40. The van der Waals surface area contributed by atoms with Crippen LogP contribution < -0.4 is 17.4 Å². The molecule has 48 heavy (non-hydrogen) atoms. The second-order valence-corrected chi connectivity index (χ2v) is 14.4. The van der Waals surface area contributed by atoms with Crippen molar-refractivity contribution < 1.29 is 28.3 Å². The van der Waals surface area contributed by atoms with Crippen LogP contribution in [0.2, 0.25) is 0 Å². The summed E-state index contributed by atoms with van der Waals surface area (Å²) >= 11 is 0. The average molecular weight is 701 g/mol. The zero-order chi connectivity index (χ0) is 34.3. The number of H-pyrrole nitrogens is 1. The predicted octanol–water partition coefficient (Wildman–Crippen LogP) is 9.13. The maximum absolute atomic E-state index is 12.5. The van der Waals surface area contributed by atoms with Gasteiger partial charge in [0.15, 0.2) is 0 Å². The van der Waals surface area contributed by atoms with Crippen LogP contribution in [0.25, 0.3) is 10.4 Å². The summed E-state index contributed by atoms with van der Waals surface area (Å²) in [6.07, 6.45) is 24.6. The number of carbonyl (C=O) groups is 1. The molecule has 1 saturated heterocycles. The molecule has 0 radical (unpaired) electrons. The zero-order valence-electron chi connectivity index (χ0n) is 29.3. The van der Waals surface area contributed by atoms with E-state index in [0.717, 1.165) is 23.8 Å². The number of hydrogen-bond donors (Lipinski definition) is 3. The highest BCUT2D eigenvalue weighted by atomic mass is 31.2. The molecule has 14 nitrogen and oxygen atoms in total. The minimum Gasteiger partial charge on any atom is -0.457 e. The number of unbranched alkanes of at least 4 members (excludes halogenated alkanes) is 19. The SMILES string of the molecule is CCCCCCCCCCCCCCCCCCCCCCOC(=O)P(=O)(O)OC[C@H]1O[C@@H](n2cc(C)c(=O)[nH]c2=O)C[C@@H]1N=[N+]=[N-].N. The fourth-order valence-corrected chi connectivity index (χ4v) is 6.56. The van der Waals surface area contributed by atoms with Crippen LogP contribution in [0.4, 0.5) is 4.79 Å². The van der Waals surface area contributed by atoms with Crippen molar-refractivity contribution >= 4 is 13.3 Å². The summed E-state index contributed by atoms with van der Waals surface area (Å²) < 4.78 is 29.3. The first-order chi connectivity index (χ1) is 22.7. The highest BCUT2D eigenvalue weighted by molar-refractivity contribution is 7.70. The van der Waals surface area contributed by atoms with E-state index in [-0.39, 0.29) is 24.7 Å². The largest absolute Gasteiger partial charge is 0.457 e. The van der Waals surface area contributed by atoms with Gasteiger partial charge in [0.1, 0.15) is 6.23 Å². The van der Waals surface area contributed by atoms with E-state index in [1.54, 1.807) is 0 Å². The molecule has 0 bridgehead atoms. The minimum atomic E-state index is -4.79. The van der Waals surface area contributed by atoms with Gasteiger partial charge in [0.25, 0.3) is 5.56 Å². The molecule has 4 atom stereocenters. The Balaban J connectivity index is 0.0000115. The van der Waals surface area contributed by atoms with E-state index in [2.05, 4.69) is 21.9 Å². The second-order valence-electron chi connectivity index (χ2n) is 12.8. The third-order valence-corrected chi connectivity index (χ3v) is 9.82. The van der Waals surface area contributed by atoms with Crippen molar-refractivity contribution in [3.8, 4) is 0 Å². The van der Waals surface area contributed by atoms with Crippen molar-refractivity contribution in [2.75, 3.05) is 13.2 Å². The number of carbonyl (C=O) groups excluding carboxylic acids is 1. The fraction of sp³-hybridized carbons (Fsp3) is 0.848. The summed E-state index contributed by atoms with van der Waals surface area (Å²) in [6.45, 7) is 3.26. The van der Waals surface area contributed by atoms with Crippen molar-refractivity contribution in [2.45, 2.75) is 167 Å². The zero-order valence-corrected chi connectivity index (χ0v) is 30.2. The molecule has 0 aromatic carbocycles. The smallest absolute Gasteiger partial charge is 0.435 e. The normalized spacial score (nSPS) is 18.5. The van der Waals surface area contributed by atoms with Crippen LogP contribution in [0.15, 0.2) is 20.9 Å². The van der Waals surface area contributed by atoms with Gasteiger partial charge in [-0.15, -0.1) is 0 Å². The number of aryl methyl sites for hydroxylation is 1. The van der Waals surface area contributed by atoms with Crippen LogP contribution in [-0.4, -0.2) is 45.5 Å². The quantitative estimate of drug-likeness (QED) is 0.0261. The molecule has 1 aromatic heterocycles. The van der Waals surface area contributed by atoms with Crippen molar-refractivity contribution in [3.63, 3.8) is 0 Å². The van der Waals surface area contributed by atoms with Gasteiger partial charge in [-0.1, -0.05) is 134 Å². The highest BCUT2D eigenvalue weighted by Crippen LogP contribution is 2.45. The lowest BCUT2D eigenvalue weighted by Crippen LogP contribution is -2.33. The second kappa shape index (κ2) is 25.5. The molecule has 0 spiro atoms. The molecule has 0 amide bonds. The van der Waals surface area contributed by atoms with Gasteiger partial charge in [0.2, 0.25) is 0 Å². The maximum Gasteiger partial charge on any atom is 0.435 e. The molecule has 1 unspecified atom stereocenters. The Morgan fingerprint density at radius 2 is 1.44 bits per heavy atom. The van der Waals surface area contributed by atoms with Crippen LogP contribution in [0.1, 0.15) is 154 Å². The van der Waals surface area contributed by atoms with Crippen molar-refractivity contribution in [1.82, 2.24) is 15.7 Å². The minimum absolute atomic E-state index is 0. The summed E-state index contributed by atoms with van der Waals surface area (Å²) in [5.74, 6) is 0. The van der Waals surface area contributed by atoms with E-state index in [4.69, 9.17) is 19.5 Å². The first-order valence-corrected chi connectivity index (χ1v) is 19.4. The number of rotatable bonds is 27. The molecule has 2 rings (SSSR count). The predicted molar refractivity (Wildman–Crippen MR) is 188 cm³/mol. The lowest BCUT2D eigenvalue weighted by molar-refractivity contribution is -0.0239. The molecule has 15 heteroatoms. The summed E-state index contributed by atoms with van der Waals surface area (Å²) in [6, 6.07) is -0.838. The summed E-state index contributed by atoms with van der Waals surface area (Å²) in [5.41, 5.74) is 6.59. The van der Waals surface area contributed by atoms with Crippen LogP contribution in [0.5, 0.6) is 0 Å². The summed E-state index contributed by atoms with van der Waals surface area (Å²) in [4.78, 5) is 51.2. The van der Waals surface area contributed by atoms with E-state index in [1.165, 1.54) is 116 Å². The number of ether oxygens (including phenoxy) is 2. The fourth-order valence-electron chi connectivity index (χ4n) is 5.85. The topological polar surface area (TPSA) is 221 Å². The standard InChI is InChI=1S/C33H58N5O8P.H3N/c1-3-4-5-6-7-8-9-10-11-12-13-14-15-16-17-18-19-20-21-22-23-44-33(41)47(42,43)45-26-29-28(36-37-34)24-30(46-29)38-25-27(2)31(39)35-32(38)40;/h25,28-30H,3-24,26H2,1-2H3,(H,42,43)(H,35,39,40);1H3/t28-,29+,30+;/m0./s1. The molecular weight excluding hydrogens is 639 g/mol. The van der Waals surface area contributed by atoms with Gasteiger partial charge in [-0.2, -0.15) is 0 Å². The van der Waals surface area contributed by atoms with Crippen LogP contribution >= 0.6 is 7.60 Å². The number of hydrogen-bond acceptors (Lipinski definition) is 9. The molecule has 276 valence electrons. The van der Waals surface area contributed by atoms with Gasteiger partial charge >= 0.3 is 19.0 Å². The molecule has 1 aliphatic rings. The van der Waals surface area contributed by atoms with E-state index >= 15 is 0 Å². The number of nitrogens with zero attached hydrogens (tertiary/aromatic N) is 4. The number of azide groups is 1. The third kappa shape index (κ3) is 17.3. The maximum atomic E-state index is 12.5. The van der Waals surface area contributed by atoms with Crippen LogP contribution in [-0.2, 0) is 18.6 Å². The molecule has 1 aliphatic heterocycles. The van der Waals surface area contributed by atoms with Crippen LogP contribution in [0.3, 0.4) is 0 Å². The Hall–Kier alpha value is -2.47. The monoisotopic (exact) mass is 700 g/mol. The van der Waals surface area contributed by atoms with Gasteiger partial charge in [-0.3, -0.25) is 18.9 Å². The Labute approximate surface area is 285 Å². The average Bonchev–Trinajstić information content (AvgIpc) is 3.44. The Morgan fingerprint density at radius 3 is 1.92 bits per heavy atom. The number of nitrogens with one attached hydrogen (secondary N) is 1. The molecule has 0 aliphatic carbocycles. The van der Waals surface area contributed by atoms with Gasteiger partial charge in [-0.25, -0.2) is 14.2 Å². The van der Waals surface area contributed by atoms with Crippen molar-refractivity contribution in [3.05, 3.63) is 43.0 Å². The van der Waals surface area contributed by atoms with Gasteiger partial charge in [0, 0.05) is 23.1 Å². The molecule has 0 saturated carbocycles. The van der Waals surface area contributed by atoms with Gasteiger partial charge in [-0.05, 0) is 18.9 Å². The Kier molecular flexibility index (Phi) is 23.1. The van der Waals surface area contributed by atoms with Crippen molar-refractivity contribution in [1.29, 1.82) is 0 Å². The van der Waals surface area contributed by atoms with E-state index in [9.17, 15) is 23.8 Å². The first kappa shape index (κ1) is 43.6. The summed E-state index contributed by atoms with van der Waals surface area (Å²) in [7, 11) is -4.79. The molecular formula is C33H61N6O8P. The Bertz CT molecular complexity index is 1250. The molecule has 1 fully saturated rings. The van der Waals surface area contributed by atoms with Gasteiger partial charge in [0.05, 0.1) is 25.4 Å². The third-order valence-electron chi connectivity index (χ3n) is 8.73. The lowest BCUT2D eigenvalue weighted by atomic mass is 10.0. The number of aromatic nitrogens is 2. The van der Waals surface area contributed by atoms with E-state index < -0.39 is 49.5 Å². The molecule has 2 heterocycles.